The first kappa shape index (κ1) is 13.1. The monoisotopic (exact) mass is 298 g/mol. The Morgan fingerprint density at radius 1 is 1.53 bits per heavy atom. The number of rotatable bonds is 1. The molecule has 2 N–H and O–H groups in total. The molecule has 1 saturated heterocycles. The molecule has 2 aliphatic rings. The number of anilines is 2. The van der Waals surface area contributed by atoms with Gasteiger partial charge in [0.25, 0.3) is 5.91 Å². The quantitative estimate of drug-likeness (QED) is 0.835. The van der Waals surface area contributed by atoms with Crippen molar-refractivity contribution in [3.05, 3.63) is 22.7 Å². The number of carbonyl (C=O) groups excluding carboxylic acids is 1. The van der Waals surface area contributed by atoms with Crippen molar-refractivity contribution in [2.24, 2.45) is 0 Å². The number of hydrogen-bond donors (Lipinski definition) is 2. The smallest absolute Gasteiger partial charge is 0.257 e. The van der Waals surface area contributed by atoms with E-state index in [2.05, 4.69) is 17.1 Å². The van der Waals surface area contributed by atoms with Gasteiger partial charge in [-0.3, -0.25) is 4.79 Å². The molecular weight excluding hydrogens is 284 g/mol. The summed E-state index contributed by atoms with van der Waals surface area (Å²) in [6, 6.07) is 3.98. The van der Waals surface area contributed by atoms with Gasteiger partial charge in [0, 0.05) is 35.3 Å². The number of hydrogen-bond acceptors (Lipinski definition) is 4. The Bertz CT molecular complexity index is 538. The second-order valence-corrected chi connectivity index (χ2v) is 6.46. The van der Waals surface area contributed by atoms with E-state index >= 15 is 0 Å². The summed E-state index contributed by atoms with van der Waals surface area (Å²) < 4.78 is 0. The van der Waals surface area contributed by atoms with Crippen LogP contribution in [0.3, 0.4) is 0 Å². The molecule has 0 saturated carbocycles. The van der Waals surface area contributed by atoms with Gasteiger partial charge < -0.3 is 15.3 Å². The van der Waals surface area contributed by atoms with Crippen molar-refractivity contribution in [1.29, 1.82) is 0 Å². The SMILES string of the molecule is CC1CSCCN1c1cc2c(cc1Cl)C(O)C(=O)N2. The van der Waals surface area contributed by atoms with Crippen LogP contribution in [0.15, 0.2) is 12.1 Å². The molecule has 3 rings (SSSR count). The fraction of sp³-hybridized carbons (Fsp3) is 0.462. The van der Waals surface area contributed by atoms with Crippen LogP contribution in [0.4, 0.5) is 11.4 Å². The molecule has 1 aromatic rings. The average molecular weight is 299 g/mol. The largest absolute Gasteiger partial charge is 0.378 e. The number of halogens is 1. The molecule has 19 heavy (non-hydrogen) atoms. The lowest BCUT2D eigenvalue weighted by Crippen LogP contribution is -2.40. The number of thioether (sulfide) groups is 1. The highest BCUT2D eigenvalue weighted by atomic mass is 35.5. The van der Waals surface area contributed by atoms with E-state index in [-0.39, 0.29) is 5.91 Å². The number of carbonyl (C=O) groups is 1. The molecule has 102 valence electrons. The van der Waals surface area contributed by atoms with Crippen molar-refractivity contribution >= 4 is 40.6 Å². The molecule has 2 heterocycles. The zero-order valence-corrected chi connectivity index (χ0v) is 12.1. The van der Waals surface area contributed by atoms with E-state index in [1.807, 2.05) is 17.8 Å². The van der Waals surface area contributed by atoms with Crippen LogP contribution >= 0.6 is 23.4 Å². The molecule has 2 atom stereocenters. The van der Waals surface area contributed by atoms with E-state index in [9.17, 15) is 9.90 Å². The molecule has 1 amide bonds. The first-order chi connectivity index (χ1) is 9.08. The van der Waals surface area contributed by atoms with Crippen LogP contribution in [-0.2, 0) is 4.79 Å². The zero-order valence-electron chi connectivity index (χ0n) is 10.5. The second-order valence-electron chi connectivity index (χ2n) is 4.90. The molecule has 0 aliphatic carbocycles. The number of nitrogens with zero attached hydrogens (tertiary/aromatic N) is 1. The summed E-state index contributed by atoms with van der Waals surface area (Å²) >= 11 is 8.26. The van der Waals surface area contributed by atoms with Crippen molar-refractivity contribution < 1.29 is 9.90 Å². The van der Waals surface area contributed by atoms with Crippen molar-refractivity contribution in [2.45, 2.75) is 19.1 Å². The lowest BCUT2D eigenvalue weighted by Gasteiger charge is -2.35. The Morgan fingerprint density at radius 3 is 3.05 bits per heavy atom. The Labute approximate surface area is 121 Å². The van der Waals surface area contributed by atoms with E-state index in [0.29, 0.717) is 22.3 Å². The topological polar surface area (TPSA) is 52.6 Å². The summed E-state index contributed by atoms with van der Waals surface area (Å²) in [5.74, 6) is 1.76. The van der Waals surface area contributed by atoms with Crippen LogP contribution in [0.25, 0.3) is 0 Å². The van der Waals surface area contributed by atoms with Gasteiger partial charge in [0.15, 0.2) is 6.10 Å². The standard InChI is InChI=1S/C13H15ClN2O2S/c1-7-6-19-3-2-16(7)11-5-10-8(4-9(11)14)12(17)13(18)15-10/h4-5,7,12,17H,2-3,6H2,1H3,(H,15,18). The van der Waals surface area contributed by atoms with Gasteiger partial charge in [-0.25, -0.2) is 0 Å². The maximum absolute atomic E-state index is 11.5. The number of aliphatic hydroxyl groups excluding tert-OH is 1. The van der Waals surface area contributed by atoms with E-state index < -0.39 is 6.10 Å². The van der Waals surface area contributed by atoms with Gasteiger partial charge in [0.2, 0.25) is 0 Å². The minimum absolute atomic E-state index is 0.384. The summed E-state index contributed by atoms with van der Waals surface area (Å²) in [6.45, 7) is 3.12. The predicted octanol–water partition coefficient (Wildman–Crippen LogP) is 2.27. The highest BCUT2D eigenvalue weighted by Crippen LogP contribution is 2.40. The Kier molecular flexibility index (Phi) is 3.37. The highest BCUT2D eigenvalue weighted by molar-refractivity contribution is 7.99. The van der Waals surface area contributed by atoms with Crippen molar-refractivity contribution in [3.63, 3.8) is 0 Å². The third-order valence-corrected chi connectivity index (χ3v) is 5.09. The molecule has 6 heteroatoms. The van der Waals surface area contributed by atoms with Crippen LogP contribution in [0.5, 0.6) is 0 Å². The van der Waals surface area contributed by atoms with Crippen LogP contribution in [0.1, 0.15) is 18.6 Å². The van der Waals surface area contributed by atoms with Crippen molar-refractivity contribution in [1.82, 2.24) is 0 Å². The maximum atomic E-state index is 11.5. The van der Waals surface area contributed by atoms with Gasteiger partial charge in [-0.2, -0.15) is 11.8 Å². The second kappa shape index (κ2) is 4.89. The lowest BCUT2D eigenvalue weighted by molar-refractivity contribution is -0.123. The summed E-state index contributed by atoms with van der Waals surface area (Å²) in [7, 11) is 0. The summed E-state index contributed by atoms with van der Waals surface area (Å²) in [4.78, 5) is 13.7. The average Bonchev–Trinajstić information content (AvgIpc) is 2.66. The van der Waals surface area contributed by atoms with Gasteiger partial charge in [-0.15, -0.1) is 0 Å². The first-order valence-electron chi connectivity index (χ1n) is 6.24. The number of fused-ring (bicyclic) bond motifs is 1. The summed E-state index contributed by atoms with van der Waals surface area (Å²) in [5, 5.41) is 13.0. The van der Waals surface area contributed by atoms with Crippen LogP contribution in [-0.4, -0.2) is 35.1 Å². The fourth-order valence-corrected chi connectivity index (χ4v) is 3.85. The Balaban J connectivity index is 2.00. The minimum atomic E-state index is -1.10. The summed E-state index contributed by atoms with van der Waals surface area (Å²) in [6.07, 6.45) is -1.10. The number of amides is 1. The van der Waals surface area contributed by atoms with Gasteiger partial charge in [0.1, 0.15) is 0 Å². The molecule has 1 aromatic carbocycles. The van der Waals surface area contributed by atoms with Crippen molar-refractivity contribution in [3.8, 4) is 0 Å². The molecule has 0 bridgehead atoms. The molecule has 2 unspecified atom stereocenters. The van der Waals surface area contributed by atoms with Crippen LogP contribution in [0, 0.1) is 0 Å². The van der Waals surface area contributed by atoms with Gasteiger partial charge in [-0.05, 0) is 19.1 Å². The molecular formula is C13H15ClN2O2S. The normalized spacial score (nSPS) is 26.3. The summed E-state index contributed by atoms with van der Waals surface area (Å²) in [5.41, 5.74) is 2.17. The highest BCUT2D eigenvalue weighted by Gasteiger charge is 2.31. The molecule has 0 spiro atoms. The van der Waals surface area contributed by atoms with Crippen LogP contribution < -0.4 is 10.2 Å². The number of nitrogens with one attached hydrogen (secondary N) is 1. The number of benzene rings is 1. The third-order valence-electron chi connectivity index (χ3n) is 3.60. The van der Waals surface area contributed by atoms with Crippen LogP contribution in [0.2, 0.25) is 5.02 Å². The van der Waals surface area contributed by atoms with E-state index in [1.54, 1.807) is 6.07 Å². The van der Waals surface area contributed by atoms with Gasteiger partial charge >= 0.3 is 0 Å². The van der Waals surface area contributed by atoms with Gasteiger partial charge in [0.05, 0.1) is 10.7 Å². The molecule has 1 fully saturated rings. The van der Waals surface area contributed by atoms with Gasteiger partial charge in [-0.1, -0.05) is 11.6 Å². The van der Waals surface area contributed by atoms with E-state index in [0.717, 1.165) is 23.7 Å². The Morgan fingerprint density at radius 2 is 2.32 bits per heavy atom. The maximum Gasteiger partial charge on any atom is 0.257 e. The molecule has 0 aromatic heterocycles. The first-order valence-corrected chi connectivity index (χ1v) is 7.78. The van der Waals surface area contributed by atoms with E-state index in [4.69, 9.17) is 11.6 Å². The minimum Gasteiger partial charge on any atom is -0.378 e. The third kappa shape index (κ3) is 2.20. The number of aliphatic hydroxyl groups is 1. The predicted molar refractivity (Wildman–Crippen MR) is 79.2 cm³/mol. The molecule has 4 nitrogen and oxygen atoms in total. The molecule has 2 aliphatic heterocycles. The zero-order chi connectivity index (χ0) is 13.6. The molecule has 0 radical (unpaired) electrons. The fourth-order valence-electron chi connectivity index (χ4n) is 2.56. The van der Waals surface area contributed by atoms with Crippen molar-refractivity contribution in [2.75, 3.05) is 28.3 Å². The lowest BCUT2D eigenvalue weighted by atomic mass is 10.1. The van der Waals surface area contributed by atoms with E-state index in [1.165, 1.54) is 0 Å². The Hall–Kier alpha value is -0.910.